The molecule has 1 atom stereocenters. The Morgan fingerprint density at radius 1 is 1.33 bits per heavy atom. The first-order valence-corrected chi connectivity index (χ1v) is 7.17. The van der Waals surface area contributed by atoms with Gasteiger partial charge in [0.2, 0.25) is 0 Å². The average Bonchev–Trinajstić information content (AvgIpc) is 2.44. The predicted octanol–water partition coefficient (Wildman–Crippen LogP) is 3.05. The zero-order valence-corrected chi connectivity index (χ0v) is 13.0. The van der Waals surface area contributed by atoms with Gasteiger partial charge in [0.1, 0.15) is 5.69 Å². The zero-order valence-electron chi connectivity index (χ0n) is 13.0. The maximum Gasteiger partial charge on any atom is 0.292 e. The highest BCUT2D eigenvalue weighted by molar-refractivity contribution is 5.95. The lowest BCUT2D eigenvalue weighted by molar-refractivity contribution is -0.384. The Kier molecular flexibility index (Phi) is 6.14. The van der Waals surface area contributed by atoms with Crippen LogP contribution in [-0.2, 0) is 0 Å². The molecule has 2 N–H and O–H groups in total. The Labute approximate surface area is 125 Å². The number of nitrogens with one attached hydrogen (secondary N) is 2. The van der Waals surface area contributed by atoms with Gasteiger partial charge in [0.15, 0.2) is 0 Å². The van der Waals surface area contributed by atoms with Crippen molar-refractivity contribution in [3.63, 3.8) is 0 Å². The average molecular weight is 293 g/mol. The molecule has 0 bridgehead atoms. The molecule has 0 saturated carbocycles. The van der Waals surface area contributed by atoms with E-state index in [0.717, 1.165) is 0 Å². The Morgan fingerprint density at radius 2 is 2.00 bits per heavy atom. The number of anilines is 1. The number of hydrogen-bond acceptors (Lipinski definition) is 4. The molecule has 0 aliphatic rings. The topological polar surface area (TPSA) is 84.3 Å². The summed E-state index contributed by atoms with van der Waals surface area (Å²) < 4.78 is 0. The fourth-order valence-corrected chi connectivity index (χ4v) is 1.76. The second-order valence-corrected chi connectivity index (χ2v) is 5.45. The predicted molar refractivity (Wildman–Crippen MR) is 83.6 cm³/mol. The number of nitrogens with zero attached hydrogens (tertiary/aromatic N) is 1. The molecule has 116 valence electrons. The third-order valence-corrected chi connectivity index (χ3v) is 3.55. The number of nitro groups is 1. The summed E-state index contributed by atoms with van der Waals surface area (Å²) in [4.78, 5) is 22.6. The molecule has 0 heterocycles. The van der Waals surface area contributed by atoms with Gasteiger partial charge < -0.3 is 10.6 Å². The van der Waals surface area contributed by atoms with E-state index in [2.05, 4.69) is 31.4 Å². The quantitative estimate of drug-likeness (QED) is 0.597. The van der Waals surface area contributed by atoms with Crippen LogP contribution in [0.25, 0.3) is 0 Å². The van der Waals surface area contributed by atoms with Gasteiger partial charge >= 0.3 is 0 Å². The molecule has 1 aromatic carbocycles. The van der Waals surface area contributed by atoms with Gasteiger partial charge in [0.25, 0.3) is 11.6 Å². The highest BCUT2D eigenvalue weighted by Crippen LogP contribution is 2.25. The van der Waals surface area contributed by atoms with Crippen LogP contribution >= 0.6 is 0 Å². The van der Waals surface area contributed by atoms with Crippen molar-refractivity contribution < 1.29 is 9.72 Å². The minimum Gasteiger partial charge on any atom is -0.380 e. The van der Waals surface area contributed by atoms with Crippen LogP contribution in [0.5, 0.6) is 0 Å². The van der Waals surface area contributed by atoms with Crippen LogP contribution in [0.4, 0.5) is 11.4 Å². The highest BCUT2D eigenvalue weighted by atomic mass is 16.6. The highest BCUT2D eigenvalue weighted by Gasteiger charge is 2.17. The van der Waals surface area contributed by atoms with Gasteiger partial charge in [-0.15, -0.1) is 0 Å². The van der Waals surface area contributed by atoms with E-state index in [-0.39, 0.29) is 11.6 Å². The van der Waals surface area contributed by atoms with E-state index in [9.17, 15) is 14.9 Å². The van der Waals surface area contributed by atoms with Crippen molar-refractivity contribution in [3.8, 4) is 0 Å². The fraction of sp³-hybridized carbons (Fsp3) is 0.533. The number of carbonyl (C=O) groups is 1. The van der Waals surface area contributed by atoms with E-state index in [1.54, 1.807) is 0 Å². The smallest absolute Gasteiger partial charge is 0.292 e. The molecular weight excluding hydrogens is 270 g/mol. The second kappa shape index (κ2) is 7.61. The van der Waals surface area contributed by atoms with Crippen molar-refractivity contribution in [3.05, 3.63) is 33.9 Å². The molecule has 1 rings (SSSR count). The van der Waals surface area contributed by atoms with Crippen LogP contribution in [-0.4, -0.2) is 23.9 Å². The number of benzene rings is 1. The van der Waals surface area contributed by atoms with Crippen molar-refractivity contribution in [1.82, 2.24) is 5.32 Å². The zero-order chi connectivity index (χ0) is 16.0. The molecule has 0 aromatic heterocycles. The summed E-state index contributed by atoms with van der Waals surface area (Å²) in [5.74, 6) is 0.649. The number of nitro benzene ring substituents is 1. The van der Waals surface area contributed by atoms with Crippen LogP contribution in [0.2, 0.25) is 0 Å². The number of hydrogen-bond donors (Lipinski definition) is 2. The summed E-state index contributed by atoms with van der Waals surface area (Å²) >= 11 is 0. The summed E-state index contributed by atoms with van der Waals surface area (Å²) in [7, 11) is 0. The van der Waals surface area contributed by atoms with E-state index < -0.39 is 4.92 Å². The third kappa shape index (κ3) is 4.73. The molecule has 0 spiro atoms. The maximum absolute atomic E-state index is 12.1. The lowest BCUT2D eigenvalue weighted by Gasteiger charge is -2.16. The molecule has 0 aliphatic heterocycles. The third-order valence-electron chi connectivity index (χ3n) is 3.55. The van der Waals surface area contributed by atoms with Crippen molar-refractivity contribution in [2.75, 3.05) is 18.4 Å². The monoisotopic (exact) mass is 293 g/mol. The molecule has 1 amide bonds. The summed E-state index contributed by atoms with van der Waals surface area (Å²) in [5, 5.41) is 16.7. The SMILES string of the molecule is CCNc1cc(C(=O)NCC(C)C(C)C)ccc1[N+](=O)[O-]. The van der Waals surface area contributed by atoms with E-state index in [1.165, 1.54) is 18.2 Å². The van der Waals surface area contributed by atoms with E-state index in [4.69, 9.17) is 0 Å². The van der Waals surface area contributed by atoms with E-state index >= 15 is 0 Å². The van der Waals surface area contributed by atoms with Gasteiger partial charge in [0.05, 0.1) is 4.92 Å². The second-order valence-electron chi connectivity index (χ2n) is 5.45. The van der Waals surface area contributed by atoms with Gasteiger partial charge in [-0.25, -0.2) is 0 Å². The Bertz CT molecular complexity index is 515. The van der Waals surface area contributed by atoms with Crippen LogP contribution < -0.4 is 10.6 Å². The van der Waals surface area contributed by atoms with Crippen molar-refractivity contribution in [2.45, 2.75) is 27.7 Å². The molecule has 6 heteroatoms. The van der Waals surface area contributed by atoms with Crippen LogP contribution in [0.1, 0.15) is 38.1 Å². The minimum absolute atomic E-state index is 0.0241. The van der Waals surface area contributed by atoms with Crippen LogP contribution in [0.15, 0.2) is 18.2 Å². The molecule has 1 unspecified atom stereocenters. The Balaban J connectivity index is 2.85. The summed E-state index contributed by atoms with van der Waals surface area (Å²) in [5.41, 5.74) is 0.767. The molecule has 21 heavy (non-hydrogen) atoms. The lowest BCUT2D eigenvalue weighted by Crippen LogP contribution is -2.30. The first kappa shape index (κ1) is 16.9. The Hall–Kier alpha value is -2.11. The van der Waals surface area contributed by atoms with E-state index in [1.807, 2.05) is 6.92 Å². The molecule has 0 aliphatic carbocycles. The van der Waals surface area contributed by atoms with E-state index in [0.29, 0.717) is 36.2 Å². The number of carbonyl (C=O) groups excluding carboxylic acids is 1. The fourth-order valence-electron chi connectivity index (χ4n) is 1.76. The summed E-state index contributed by atoms with van der Waals surface area (Å²) in [6.07, 6.45) is 0. The molecule has 0 saturated heterocycles. The lowest BCUT2D eigenvalue weighted by atomic mass is 9.98. The first-order chi connectivity index (χ1) is 9.86. The number of rotatable bonds is 7. The molecular formula is C15H23N3O3. The van der Waals surface area contributed by atoms with Gasteiger partial charge in [-0.05, 0) is 30.9 Å². The molecule has 0 fully saturated rings. The van der Waals surface area contributed by atoms with Crippen molar-refractivity contribution in [1.29, 1.82) is 0 Å². The summed E-state index contributed by atoms with van der Waals surface area (Å²) in [6.45, 7) is 9.27. The largest absolute Gasteiger partial charge is 0.380 e. The minimum atomic E-state index is -0.458. The molecule has 6 nitrogen and oxygen atoms in total. The summed E-state index contributed by atoms with van der Waals surface area (Å²) in [6, 6.07) is 4.37. The molecule has 1 aromatic rings. The van der Waals surface area contributed by atoms with Gasteiger partial charge in [-0.1, -0.05) is 20.8 Å². The van der Waals surface area contributed by atoms with Crippen LogP contribution in [0.3, 0.4) is 0 Å². The van der Waals surface area contributed by atoms with Gasteiger partial charge in [0, 0.05) is 24.7 Å². The van der Waals surface area contributed by atoms with Crippen molar-refractivity contribution in [2.24, 2.45) is 11.8 Å². The van der Waals surface area contributed by atoms with Gasteiger partial charge in [-0.2, -0.15) is 0 Å². The van der Waals surface area contributed by atoms with Crippen LogP contribution in [0, 0.1) is 22.0 Å². The standard InChI is InChI=1S/C15H23N3O3/c1-5-16-13-8-12(6-7-14(13)18(20)21)15(19)17-9-11(4)10(2)3/h6-8,10-11,16H,5,9H2,1-4H3,(H,17,19). The normalized spacial score (nSPS) is 12.0. The van der Waals surface area contributed by atoms with Crippen molar-refractivity contribution >= 4 is 17.3 Å². The Morgan fingerprint density at radius 3 is 2.52 bits per heavy atom. The van der Waals surface area contributed by atoms with Gasteiger partial charge in [-0.3, -0.25) is 14.9 Å². The number of amides is 1. The maximum atomic E-state index is 12.1. The molecule has 0 radical (unpaired) electrons. The first-order valence-electron chi connectivity index (χ1n) is 7.17.